The van der Waals surface area contributed by atoms with Gasteiger partial charge in [0.1, 0.15) is 5.82 Å². The summed E-state index contributed by atoms with van der Waals surface area (Å²) in [4.78, 5) is 14.7. The minimum Gasteiger partial charge on any atom is -0.337 e. The zero-order chi connectivity index (χ0) is 14.8. The van der Waals surface area contributed by atoms with Gasteiger partial charge < -0.3 is 10.2 Å². The summed E-state index contributed by atoms with van der Waals surface area (Å²) in [6, 6.07) is 4.67. The summed E-state index contributed by atoms with van der Waals surface area (Å²) < 4.78 is 14.1. The molecule has 2 aliphatic rings. The van der Waals surface area contributed by atoms with Gasteiger partial charge in [-0.2, -0.15) is 0 Å². The van der Waals surface area contributed by atoms with Crippen LogP contribution in [-0.2, 0) is 0 Å². The van der Waals surface area contributed by atoms with E-state index < -0.39 is 0 Å². The Hall–Kier alpha value is -0.940. The van der Waals surface area contributed by atoms with Crippen LogP contribution in [0.2, 0.25) is 0 Å². The maximum atomic E-state index is 13.4. The summed E-state index contributed by atoms with van der Waals surface area (Å²) in [7, 11) is 0. The molecule has 0 bridgehead atoms. The van der Waals surface area contributed by atoms with Crippen molar-refractivity contribution in [3.8, 4) is 0 Å². The predicted molar refractivity (Wildman–Crippen MR) is 83.8 cm³/mol. The van der Waals surface area contributed by atoms with Gasteiger partial charge in [0.15, 0.2) is 0 Å². The van der Waals surface area contributed by atoms with Crippen molar-refractivity contribution in [1.29, 1.82) is 0 Å². The average molecular weight is 355 g/mol. The molecular weight excluding hydrogens is 335 g/mol. The van der Waals surface area contributed by atoms with Crippen molar-refractivity contribution in [2.24, 2.45) is 5.92 Å². The van der Waals surface area contributed by atoms with E-state index in [2.05, 4.69) is 21.2 Å². The monoisotopic (exact) mass is 354 g/mol. The van der Waals surface area contributed by atoms with Crippen LogP contribution in [0, 0.1) is 11.7 Å². The topological polar surface area (TPSA) is 32.3 Å². The van der Waals surface area contributed by atoms with Gasteiger partial charge in [-0.25, -0.2) is 4.39 Å². The lowest BCUT2D eigenvalue weighted by molar-refractivity contribution is 0.0732. The highest BCUT2D eigenvalue weighted by molar-refractivity contribution is 9.10. The summed E-state index contributed by atoms with van der Waals surface area (Å²) in [6.07, 6.45) is 4.68. The van der Waals surface area contributed by atoms with Crippen LogP contribution in [0.25, 0.3) is 0 Å². The maximum absolute atomic E-state index is 13.4. The molecule has 21 heavy (non-hydrogen) atoms. The van der Waals surface area contributed by atoms with Crippen molar-refractivity contribution in [2.75, 3.05) is 19.6 Å². The number of nitrogens with zero attached hydrogens (tertiary/aromatic N) is 1. The van der Waals surface area contributed by atoms with Crippen LogP contribution in [0.3, 0.4) is 0 Å². The number of hydrogen-bond donors (Lipinski definition) is 1. The smallest absolute Gasteiger partial charge is 0.255 e. The Bertz CT molecular complexity index is 527. The second-order valence-electron chi connectivity index (χ2n) is 6.07. The Labute approximate surface area is 133 Å². The van der Waals surface area contributed by atoms with E-state index in [4.69, 9.17) is 0 Å². The summed E-state index contributed by atoms with van der Waals surface area (Å²) in [5.41, 5.74) is 0.425. The van der Waals surface area contributed by atoms with Crippen molar-refractivity contribution >= 4 is 21.8 Å². The summed E-state index contributed by atoms with van der Waals surface area (Å²) in [6.45, 7) is 2.54. The van der Waals surface area contributed by atoms with Crippen molar-refractivity contribution in [3.63, 3.8) is 0 Å². The van der Waals surface area contributed by atoms with Gasteiger partial charge in [0, 0.05) is 23.6 Å². The Balaban J connectivity index is 1.76. The Morgan fingerprint density at radius 2 is 2.14 bits per heavy atom. The largest absolute Gasteiger partial charge is 0.337 e. The fourth-order valence-electron chi connectivity index (χ4n) is 2.86. The van der Waals surface area contributed by atoms with Crippen LogP contribution < -0.4 is 5.32 Å². The van der Waals surface area contributed by atoms with Crippen LogP contribution in [-0.4, -0.2) is 36.5 Å². The fourth-order valence-corrected chi connectivity index (χ4v) is 3.28. The van der Waals surface area contributed by atoms with Gasteiger partial charge in [-0.05, 0) is 72.3 Å². The van der Waals surface area contributed by atoms with E-state index in [9.17, 15) is 9.18 Å². The lowest BCUT2D eigenvalue weighted by Gasteiger charge is -2.26. The van der Waals surface area contributed by atoms with Gasteiger partial charge in [-0.1, -0.05) is 0 Å². The normalized spacial score (nSPS) is 21.5. The molecule has 1 saturated carbocycles. The molecule has 1 aliphatic heterocycles. The highest BCUT2D eigenvalue weighted by Crippen LogP contribution is 2.31. The summed E-state index contributed by atoms with van der Waals surface area (Å²) in [5, 5.41) is 3.43. The second-order valence-corrected chi connectivity index (χ2v) is 6.93. The molecule has 3 rings (SSSR count). The van der Waals surface area contributed by atoms with Crippen LogP contribution in [0.15, 0.2) is 22.7 Å². The Morgan fingerprint density at radius 1 is 1.33 bits per heavy atom. The molecule has 1 unspecified atom stereocenters. The van der Waals surface area contributed by atoms with Crippen molar-refractivity contribution in [3.05, 3.63) is 34.1 Å². The quantitative estimate of drug-likeness (QED) is 0.880. The molecule has 114 valence electrons. The lowest BCUT2D eigenvalue weighted by Crippen LogP contribution is -2.42. The van der Waals surface area contributed by atoms with E-state index in [1.54, 1.807) is 6.07 Å². The van der Waals surface area contributed by atoms with Gasteiger partial charge >= 0.3 is 0 Å². The number of hydrogen-bond acceptors (Lipinski definition) is 2. The van der Waals surface area contributed by atoms with Crippen molar-refractivity contribution in [1.82, 2.24) is 10.2 Å². The van der Waals surface area contributed by atoms with Crippen molar-refractivity contribution in [2.45, 2.75) is 31.7 Å². The average Bonchev–Trinajstić information content (AvgIpc) is 3.13. The minimum absolute atomic E-state index is 0.0676. The van der Waals surface area contributed by atoms with Crippen LogP contribution in [0.4, 0.5) is 4.39 Å². The highest BCUT2D eigenvalue weighted by atomic mass is 79.9. The third kappa shape index (κ3) is 3.83. The number of halogens is 2. The highest BCUT2D eigenvalue weighted by Gasteiger charge is 2.30. The molecule has 1 heterocycles. The standard InChI is InChI=1S/C16H20BrFN2O/c17-15-6-5-12(18)8-14(15)16(21)20(9-11-3-4-11)10-13-2-1-7-19-13/h5-6,8,11,13,19H,1-4,7,9-10H2. The zero-order valence-corrected chi connectivity index (χ0v) is 13.5. The number of nitrogens with one attached hydrogen (secondary N) is 1. The molecule has 1 amide bonds. The molecule has 1 aliphatic carbocycles. The van der Waals surface area contributed by atoms with Crippen LogP contribution in [0.1, 0.15) is 36.0 Å². The Kier molecular flexibility index (Phi) is 4.60. The number of amides is 1. The first-order chi connectivity index (χ1) is 10.1. The molecule has 5 heteroatoms. The van der Waals surface area contributed by atoms with E-state index in [0.717, 1.165) is 26.1 Å². The number of carbonyl (C=O) groups excluding carboxylic acids is 1. The van der Waals surface area contributed by atoms with Gasteiger partial charge in [-0.3, -0.25) is 4.79 Å². The molecule has 1 aromatic carbocycles. The summed E-state index contributed by atoms with van der Waals surface area (Å²) in [5.74, 6) is 0.191. The van der Waals surface area contributed by atoms with Gasteiger partial charge in [0.2, 0.25) is 0 Å². The van der Waals surface area contributed by atoms with Crippen LogP contribution in [0.5, 0.6) is 0 Å². The third-order valence-electron chi connectivity index (χ3n) is 4.22. The number of carbonyl (C=O) groups is 1. The maximum Gasteiger partial charge on any atom is 0.255 e. The number of rotatable bonds is 5. The number of benzene rings is 1. The predicted octanol–water partition coefficient (Wildman–Crippen LogP) is 3.19. The fraction of sp³-hybridized carbons (Fsp3) is 0.562. The van der Waals surface area contributed by atoms with E-state index in [-0.39, 0.29) is 11.7 Å². The SMILES string of the molecule is O=C(c1cc(F)ccc1Br)N(CC1CC1)CC1CCCN1. The van der Waals surface area contributed by atoms with Gasteiger partial charge in [0.25, 0.3) is 5.91 Å². The molecule has 1 saturated heterocycles. The molecule has 3 nitrogen and oxygen atoms in total. The third-order valence-corrected chi connectivity index (χ3v) is 4.92. The lowest BCUT2D eigenvalue weighted by atomic mass is 10.1. The molecule has 0 spiro atoms. The Morgan fingerprint density at radius 3 is 2.81 bits per heavy atom. The second kappa shape index (κ2) is 6.44. The van der Waals surface area contributed by atoms with Gasteiger partial charge in [0.05, 0.1) is 5.56 Å². The molecule has 1 aromatic rings. The molecule has 2 fully saturated rings. The first kappa shape index (κ1) is 15.0. The first-order valence-corrected chi connectivity index (χ1v) is 8.40. The molecule has 0 radical (unpaired) electrons. The molecule has 0 aromatic heterocycles. The summed E-state index contributed by atoms with van der Waals surface area (Å²) >= 11 is 3.36. The molecule has 1 atom stereocenters. The van der Waals surface area contributed by atoms with E-state index >= 15 is 0 Å². The van der Waals surface area contributed by atoms with E-state index in [0.29, 0.717) is 22.0 Å². The van der Waals surface area contributed by atoms with Gasteiger partial charge in [-0.15, -0.1) is 0 Å². The van der Waals surface area contributed by atoms with Crippen molar-refractivity contribution < 1.29 is 9.18 Å². The molecule has 1 N–H and O–H groups in total. The van der Waals surface area contributed by atoms with Crippen LogP contribution >= 0.6 is 15.9 Å². The first-order valence-electron chi connectivity index (χ1n) is 7.61. The van der Waals surface area contributed by atoms with E-state index in [1.165, 1.54) is 31.4 Å². The van der Waals surface area contributed by atoms with E-state index in [1.807, 2.05) is 4.90 Å². The minimum atomic E-state index is -0.369. The zero-order valence-electron chi connectivity index (χ0n) is 11.9. The molecular formula is C16H20BrFN2O.